The molecule has 1 rings (SSSR count). The smallest absolute Gasteiger partial charge is 0.221 e. The molecule has 3 nitrogen and oxygen atoms in total. The van der Waals surface area contributed by atoms with Crippen LogP contribution < -0.4 is 11.1 Å². The normalized spacial score (nSPS) is 14.4. The zero-order chi connectivity index (χ0) is 12.1. The molecular formula is C12H17ClN2O. The molecular weight excluding hydrogens is 224 g/mol. The molecule has 0 aromatic heterocycles. The van der Waals surface area contributed by atoms with Crippen molar-refractivity contribution in [3.05, 3.63) is 34.9 Å². The van der Waals surface area contributed by atoms with E-state index >= 15 is 0 Å². The van der Waals surface area contributed by atoms with E-state index in [2.05, 4.69) is 5.32 Å². The van der Waals surface area contributed by atoms with E-state index in [0.29, 0.717) is 6.54 Å². The third-order valence-corrected chi connectivity index (χ3v) is 2.84. The van der Waals surface area contributed by atoms with Crippen LogP contribution in [-0.2, 0) is 4.79 Å². The largest absolute Gasteiger partial charge is 0.369 e. The highest BCUT2D eigenvalue weighted by Crippen LogP contribution is 2.16. The number of halogens is 1. The van der Waals surface area contributed by atoms with Crippen molar-refractivity contribution < 1.29 is 4.79 Å². The molecule has 4 heteroatoms. The highest BCUT2D eigenvalue weighted by atomic mass is 35.5. The van der Waals surface area contributed by atoms with Crippen LogP contribution in [0.1, 0.15) is 25.5 Å². The molecule has 3 N–H and O–H groups in total. The van der Waals surface area contributed by atoms with Crippen LogP contribution in [0, 0.1) is 5.92 Å². The minimum atomic E-state index is -0.282. The second-order valence-electron chi connectivity index (χ2n) is 3.98. The zero-order valence-electron chi connectivity index (χ0n) is 9.53. The number of hydrogen-bond acceptors (Lipinski definition) is 2. The summed E-state index contributed by atoms with van der Waals surface area (Å²) < 4.78 is 0. The molecule has 0 bridgehead atoms. The maximum absolute atomic E-state index is 10.9. The third kappa shape index (κ3) is 3.83. The maximum Gasteiger partial charge on any atom is 0.221 e. The van der Waals surface area contributed by atoms with Crippen molar-refractivity contribution in [2.24, 2.45) is 11.7 Å². The number of carbonyl (C=O) groups is 1. The van der Waals surface area contributed by atoms with Crippen molar-refractivity contribution in [1.82, 2.24) is 5.32 Å². The van der Waals surface area contributed by atoms with Crippen LogP contribution in [0.3, 0.4) is 0 Å². The molecule has 0 saturated carbocycles. The van der Waals surface area contributed by atoms with Gasteiger partial charge in [0.05, 0.1) is 0 Å². The first-order chi connectivity index (χ1) is 7.50. The van der Waals surface area contributed by atoms with Gasteiger partial charge in [0, 0.05) is 23.5 Å². The van der Waals surface area contributed by atoms with E-state index in [9.17, 15) is 4.79 Å². The van der Waals surface area contributed by atoms with Gasteiger partial charge in [0.2, 0.25) is 5.91 Å². The molecule has 0 aliphatic heterocycles. The van der Waals surface area contributed by atoms with Gasteiger partial charge in [-0.05, 0) is 24.6 Å². The predicted molar refractivity (Wildman–Crippen MR) is 66.2 cm³/mol. The molecule has 88 valence electrons. The Kier molecular flexibility index (Phi) is 4.77. The van der Waals surface area contributed by atoms with E-state index in [0.717, 1.165) is 10.6 Å². The van der Waals surface area contributed by atoms with Crippen LogP contribution in [0.25, 0.3) is 0 Å². The predicted octanol–water partition coefficient (Wildman–Crippen LogP) is 2.11. The highest BCUT2D eigenvalue weighted by Gasteiger charge is 2.11. The van der Waals surface area contributed by atoms with Gasteiger partial charge < -0.3 is 11.1 Å². The van der Waals surface area contributed by atoms with E-state index in [-0.39, 0.29) is 17.9 Å². The summed E-state index contributed by atoms with van der Waals surface area (Å²) in [7, 11) is 0. The highest BCUT2D eigenvalue weighted by molar-refractivity contribution is 6.30. The lowest BCUT2D eigenvalue weighted by atomic mass is 10.1. The number of hydrogen-bond donors (Lipinski definition) is 2. The van der Waals surface area contributed by atoms with Gasteiger partial charge in [-0.3, -0.25) is 4.79 Å². The average molecular weight is 241 g/mol. The quantitative estimate of drug-likeness (QED) is 0.828. The number of amides is 1. The van der Waals surface area contributed by atoms with Crippen LogP contribution >= 0.6 is 11.6 Å². The van der Waals surface area contributed by atoms with E-state index in [4.69, 9.17) is 17.3 Å². The van der Waals surface area contributed by atoms with Crippen LogP contribution in [0.2, 0.25) is 5.02 Å². The van der Waals surface area contributed by atoms with E-state index in [1.54, 1.807) is 0 Å². The van der Waals surface area contributed by atoms with E-state index in [1.807, 2.05) is 38.1 Å². The minimum absolute atomic E-state index is 0.158. The first-order valence-corrected chi connectivity index (χ1v) is 5.66. The lowest BCUT2D eigenvalue weighted by Crippen LogP contribution is -2.32. The Morgan fingerprint density at radius 3 is 2.44 bits per heavy atom. The molecule has 1 aromatic rings. The fourth-order valence-corrected chi connectivity index (χ4v) is 1.45. The standard InChI is InChI=1S/C12H17ClN2O/c1-8(12(14)16)7-15-9(2)10-3-5-11(13)6-4-10/h3-6,8-9,15H,7H2,1-2H3,(H2,14,16). The number of primary amides is 1. The topological polar surface area (TPSA) is 55.1 Å². The Morgan fingerprint density at radius 2 is 1.94 bits per heavy atom. The Hall–Kier alpha value is -1.06. The molecule has 0 radical (unpaired) electrons. The van der Waals surface area contributed by atoms with Gasteiger partial charge in [-0.1, -0.05) is 30.7 Å². The first kappa shape index (κ1) is 13.0. The summed E-state index contributed by atoms with van der Waals surface area (Å²) in [4.78, 5) is 10.9. The molecule has 16 heavy (non-hydrogen) atoms. The second-order valence-corrected chi connectivity index (χ2v) is 4.42. The van der Waals surface area contributed by atoms with Crippen molar-refractivity contribution in [3.8, 4) is 0 Å². The lowest BCUT2D eigenvalue weighted by Gasteiger charge is -2.16. The Labute approximate surface area is 101 Å². The molecule has 0 heterocycles. The molecule has 2 atom stereocenters. The summed E-state index contributed by atoms with van der Waals surface area (Å²) >= 11 is 5.80. The second kappa shape index (κ2) is 5.87. The Morgan fingerprint density at radius 1 is 1.38 bits per heavy atom. The van der Waals surface area contributed by atoms with Crippen molar-refractivity contribution in [2.45, 2.75) is 19.9 Å². The molecule has 1 amide bonds. The van der Waals surface area contributed by atoms with Gasteiger partial charge in [-0.15, -0.1) is 0 Å². The molecule has 0 aliphatic rings. The molecule has 0 saturated heterocycles. The van der Waals surface area contributed by atoms with Crippen LogP contribution in [-0.4, -0.2) is 12.5 Å². The van der Waals surface area contributed by atoms with Gasteiger partial charge in [0.15, 0.2) is 0 Å². The summed E-state index contributed by atoms with van der Waals surface area (Å²) in [5.41, 5.74) is 6.32. The summed E-state index contributed by atoms with van der Waals surface area (Å²) in [6, 6.07) is 7.82. The lowest BCUT2D eigenvalue weighted by molar-refractivity contribution is -0.121. The summed E-state index contributed by atoms with van der Waals surface area (Å²) in [6.45, 7) is 4.43. The Bertz CT molecular complexity index is 351. The SMILES string of the molecule is CC(CNC(C)c1ccc(Cl)cc1)C(N)=O. The average Bonchev–Trinajstić information content (AvgIpc) is 2.26. The number of carbonyl (C=O) groups excluding carboxylic acids is 1. The van der Waals surface area contributed by atoms with Crippen LogP contribution in [0.5, 0.6) is 0 Å². The Balaban J connectivity index is 2.49. The van der Waals surface area contributed by atoms with Gasteiger partial charge in [-0.2, -0.15) is 0 Å². The first-order valence-electron chi connectivity index (χ1n) is 5.29. The van der Waals surface area contributed by atoms with Crippen LogP contribution in [0.4, 0.5) is 0 Å². The molecule has 2 unspecified atom stereocenters. The molecule has 0 fully saturated rings. The third-order valence-electron chi connectivity index (χ3n) is 2.59. The molecule has 1 aromatic carbocycles. The maximum atomic E-state index is 10.9. The number of benzene rings is 1. The molecule has 0 spiro atoms. The molecule has 0 aliphatic carbocycles. The fraction of sp³-hybridized carbons (Fsp3) is 0.417. The van der Waals surface area contributed by atoms with Gasteiger partial charge >= 0.3 is 0 Å². The van der Waals surface area contributed by atoms with Gasteiger partial charge in [0.25, 0.3) is 0 Å². The van der Waals surface area contributed by atoms with Crippen molar-refractivity contribution >= 4 is 17.5 Å². The summed E-state index contributed by atoms with van der Waals surface area (Å²) in [5.74, 6) is -0.439. The van der Waals surface area contributed by atoms with Crippen LogP contribution in [0.15, 0.2) is 24.3 Å². The number of rotatable bonds is 5. The van der Waals surface area contributed by atoms with Gasteiger partial charge in [0.1, 0.15) is 0 Å². The zero-order valence-corrected chi connectivity index (χ0v) is 10.3. The van der Waals surface area contributed by atoms with E-state index < -0.39 is 0 Å². The van der Waals surface area contributed by atoms with E-state index in [1.165, 1.54) is 0 Å². The van der Waals surface area contributed by atoms with Crippen molar-refractivity contribution in [2.75, 3.05) is 6.54 Å². The summed E-state index contributed by atoms with van der Waals surface area (Å²) in [5, 5.41) is 3.98. The number of nitrogens with one attached hydrogen (secondary N) is 1. The van der Waals surface area contributed by atoms with Gasteiger partial charge in [-0.25, -0.2) is 0 Å². The van der Waals surface area contributed by atoms with Crippen molar-refractivity contribution in [3.63, 3.8) is 0 Å². The fourth-order valence-electron chi connectivity index (χ4n) is 1.32. The van der Waals surface area contributed by atoms with Crippen molar-refractivity contribution in [1.29, 1.82) is 0 Å². The summed E-state index contributed by atoms with van der Waals surface area (Å²) in [6.07, 6.45) is 0. The number of nitrogens with two attached hydrogens (primary N) is 1. The monoisotopic (exact) mass is 240 g/mol. The minimum Gasteiger partial charge on any atom is -0.369 e.